The van der Waals surface area contributed by atoms with Crippen LogP contribution in [0, 0.1) is 17.7 Å². The summed E-state index contributed by atoms with van der Waals surface area (Å²) in [4.78, 5) is 10.7. The third-order valence-electron chi connectivity index (χ3n) is 1.74. The van der Waals surface area contributed by atoms with Crippen molar-refractivity contribution < 1.29 is 13.9 Å². The fourth-order valence-corrected chi connectivity index (χ4v) is 0.930. The van der Waals surface area contributed by atoms with Gasteiger partial charge >= 0.3 is 5.97 Å². The summed E-state index contributed by atoms with van der Waals surface area (Å²) in [5, 5.41) is 0. The number of hydrogen-bond acceptors (Lipinski definition) is 3. The van der Waals surface area contributed by atoms with Gasteiger partial charge in [-0.3, -0.25) is 4.79 Å². The molecule has 0 aliphatic rings. The maximum Gasteiger partial charge on any atom is 0.317 e. The molecular weight excluding hydrogens is 197 g/mol. The second-order valence-electron chi connectivity index (χ2n) is 2.76. The second-order valence-corrected chi connectivity index (χ2v) is 2.76. The third-order valence-corrected chi connectivity index (χ3v) is 1.74. The van der Waals surface area contributed by atoms with Crippen LogP contribution in [-0.4, -0.2) is 13.1 Å². The number of nitrogen functional groups attached to an aromatic ring is 1. The minimum atomic E-state index is -0.514. The monoisotopic (exact) mass is 207 g/mol. The van der Waals surface area contributed by atoms with Crippen LogP contribution >= 0.6 is 0 Å². The van der Waals surface area contributed by atoms with E-state index in [2.05, 4.69) is 16.6 Å². The lowest BCUT2D eigenvalue weighted by molar-refractivity contribution is -0.139. The number of carbonyl (C=O) groups excluding carboxylic acids is 1. The average molecular weight is 207 g/mol. The molecule has 0 fully saturated rings. The van der Waals surface area contributed by atoms with E-state index in [0.29, 0.717) is 5.56 Å². The molecule has 0 aliphatic heterocycles. The highest BCUT2D eigenvalue weighted by molar-refractivity contribution is 5.72. The van der Waals surface area contributed by atoms with Gasteiger partial charge in [-0.15, -0.1) is 0 Å². The Morgan fingerprint density at radius 2 is 2.33 bits per heavy atom. The maximum atomic E-state index is 12.9. The molecule has 0 unspecified atom stereocenters. The van der Waals surface area contributed by atoms with Crippen molar-refractivity contribution in [2.45, 2.75) is 6.42 Å². The van der Waals surface area contributed by atoms with Crippen LogP contribution < -0.4 is 5.73 Å². The molecule has 4 heteroatoms. The van der Waals surface area contributed by atoms with E-state index in [4.69, 9.17) is 5.73 Å². The van der Waals surface area contributed by atoms with Gasteiger partial charge in [0.1, 0.15) is 12.2 Å². The first-order chi connectivity index (χ1) is 7.15. The summed E-state index contributed by atoms with van der Waals surface area (Å²) in [5.74, 6) is 4.21. The Hall–Kier alpha value is -2.02. The molecule has 0 radical (unpaired) electrons. The van der Waals surface area contributed by atoms with E-state index in [-0.39, 0.29) is 12.1 Å². The first kappa shape index (κ1) is 11.1. The fraction of sp³-hybridized carbons (Fsp3) is 0.182. The van der Waals surface area contributed by atoms with Gasteiger partial charge in [0.05, 0.1) is 18.4 Å². The number of para-hydroxylation sites is 1. The Labute approximate surface area is 87.0 Å². The molecule has 0 saturated heterocycles. The molecule has 0 atom stereocenters. The number of ether oxygens (including phenoxy) is 1. The minimum Gasteiger partial charge on any atom is -0.468 e. The standard InChI is InChI=1S/C11H10FNO2/c1-15-10(14)7-3-5-8-4-2-6-9(12)11(8)13/h2,4,6H,7,13H2,1H3. The summed E-state index contributed by atoms with van der Waals surface area (Å²) in [6.45, 7) is 0. The highest BCUT2D eigenvalue weighted by Crippen LogP contribution is 2.14. The molecule has 0 saturated carbocycles. The molecule has 1 aromatic rings. The third kappa shape index (κ3) is 2.99. The van der Waals surface area contributed by atoms with Gasteiger partial charge in [-0.2, -0.15) is 0 Å². The SMILES string of the molecule is COC(=O)CC#Cc1cccc(F)c1N. The van der Waals surface area contributed by atoms with Crippen LogP contribution in [0.4, 0.5) is 10.1 Å². The van der Waals surface area contributed by atoms with Gasteiger partial charge in [0.15, 0.2) is 0 Å². The molecule has 78 valence electrons. The van der Waals surface area contributed by atoms with E-state index in [1.54, 1.807) is 6.07 Å². The van der Waals surface area contributed by atoms with Crippen molar-refractivity contribution in [3.05, 3.63) is 29.6 Å². The lowest BCUT2D eigenvalue weighted by Crippen LogP contribution is -1.97. The average Bonchev–Trinajstić information content (AvgIpc) is 2.24. The van der Waals surface area contributed by atoms with E-state index in [1.807, 2.05) is 0 Å². The topological polar surface area (TPSA) is 52.3 Å². The predicted octanol–water partition coefficient (Wildman–Crippen LogP) is 1.32. The number of hydrogen-bond donors (Lipinski definition) is 1. The molecule has 1 aromatic carbocycles. The summed E-state index contributed by atoms with van der Waals surface area (Å²) in [7, 11) is 1.28. The molecule has 2 N–H and O–H groups in total. The molecule has 0 bridgehead atoms. The van der Waals surface area contributed by atoms with Crippen molar-refractivity contribution in [2.75, 3.05) is 12.8 Å². The Morgan fingerprint density at radius 1 is 1.60 bits per heavy atom. The number of anilines is 1. The van der Waals surface area contributed by atoms with Crippen molar-refractivity contribution in [3.8, 4) is 11.8 Å². The molecular formula is C11H10FNO2. The van der Waals surface area contributed by atoms with Crippen LogP contribution in [0.3, 0.4) is 0 Å². The molecule has 3 nitrogen and oxygen atoms in total. The van der Waals surface area contributed by atoms with Crippen LogP contribution in [0.15, 0.2) is 18.2 Å². The van der Waals surface area contributed by atoms with Crippen LogP contribution in [-0.2, 0) is 9.53 Å². The van der Waals surface area contributed by atoms with E-state index >= 15 is 0 Å². The molecule has 0 amide bonds. The first-order valence-corrected chi connectivity index (χ1v) is 4.25. The zero-order valence-corrected chi connectivity index (χ0v) is 8.21. The lowest BCUT2D eigenvalue weighted by atomic mass is 10.2. The molecule has 1 rings (SSSR count). The largest absolute Gasteiger partial charge is 0.468 e. The van der Waals surface area contributed by atoms with Crippen molar-refractivity contribution in [2.24, 2.45) is 0 Å². The number of benzene rings is 1. The van der Waals surface area contributed by atoms with Crippen LogP contribution in [0.25, 0.3) is 0 Å². The van der Waals surface area contributed by atoms with Gasteiger partial charge < -0.3 is 10.5 Å². The maximum absolute atomic E-state index is 12.9. The van der Waals surface area contributed by atoms with Crippen molar-refractivity contribution in [1.82, 2.24) is 0 Å². The van der Waals surface area contributed by atoms with Crippen molar-refractivity contribution in [1.29, 1.82) is 0 Å². The van der Waals surface area contributed by atoms with E-state index in [1.165, 1.54) is 19.2 Å². The van der Waals surface area contributed by atoms with Crippen LogP contribution in [0.1, 0.15) is 12.0 Å². The Bertz CT molecular complexity index is 432. The number of carbonyl (C=O) groups is 1. The van der Waals surface area contributed by atoms with Gasteiger partial charge in [-0.25, -0.2) is 4.39 Å². The van der Waals surface area contributed by atoms with Crippen molar-refractivity contribution in [3.63, 3.8) is 0 Å². The number of methoxy groups -OCH3 is 1. The number of nitrogens with two attached hydrogens (primary N) is 1. The lowest BCUT2D eigenvalue weighted by Gasteiger charge is -1.98. The molecule has 15 heavy (non-hydrogen) atoms. The molecule has 0 spiro atoms. The van der Waals surface area contributed by atoms with E-state index in [9.17, 15) is 9.18 Å². The van der Waals surface area contributed by atoms with E-state index < -0.39 is 11.8 Å². The Kier molecular flexibility index (Phi) is 3.69. The number of esters is 1. The molecule has 0 heterocycles. The van der Waals surface area contributed by atoms with Crippen LogP contribution in [0.2, 0.25) is 0 Å². The van der Waals surface area contributed by atoms with Crippen molar-refractivity contribution >= 4 is 11.7 Å². The van der Waals surface area contributed by atoms with Crippen LogP contribution in [0.5, 0.6) is 0 Å². The molecule has 0 aromatic heterocycles. The summed E-state index contributed by atoms with van der Waals surface area (Å²) in [5.41, 5.74) is 5.81. The summed E-state index contributed by atoms with van der Waals surface area (Å²) < 4.78 is 17.3. The minimum absolute atomic E-state index is 0.00475. The second kappa shape index (κ2) is 5.01. The Morgan fingerprint density at radius 3 is 3.00 bits per heavy atom. The highest BCUT2D eigenvalue weighted by atomic mass is 19.1. The number of halogens is 1. The fourth-order valence-electron chi connectivity index (χ4n) is 0.930. The summed E-state index contributed by atoms with van der Waals surface area (Å²) in [6.07, 6.45) is -0.0353. The first-order valence-electron chi connectivity index (χ1n) is 4.25. The summed E-state index contributed by atoms with van der Waals surface area (Å²) >= 11 is 0. The smallest absolute Gasteiger partial charge is 0.317 e. The normalized spacial score (nSPS) is 8.93. The van der Waals surface area contributed by atoms with Gasteiger partial charge in [-0.1, -0.05) is 17.9 Å². The highest BCUT2D eigenvalue weighted by Gasteiger charge is 2.01. The molecule has 0 aliphatic carbocycles. The zero-order valence-electron chi connectivity index (χ0n) is 8.21. The predicted molar refractivity (Wildman–Crippen MR) is 54.3 cm³/mol. The van der Waals surface area contributed by atoms with Gasteiger partial charge in [-0.05, 0) is 12.1 Å². The quantitative estimate of drug-likeness (QED) is 0.429. The van der Waals surface area contributed by atoms with Gasteiger partial charge in [0, 0.05) is 0 Å². The summed E-state index contributed by atoms with van der Waals surface area (Å²) in [6, 6.07) is 4.34. The van der Waals surface area contributed by atoms with E-state index in [0.717, 1.165) is 0 Å². The van der Waals surface area contributed by atoms with Gasteiger partial charge in [0.2, 0.25) is 0 Å². The zero-order chi connectivity index (χ0) is 11.3. The Balaban J connectivity index is 2.80. The van der Waals surface area contributed by atoms with Gasteiger partial charge in [0.25, 0.3) is 0 Å². The number of rotatable bonds is 1.